The fourth-order valence-corrected chi connectivity index (χ4v) is 1.08. The van der Waals surface area contributed by atoms with Crippen LogP contribution in [-0.2, 0) is 11.4 Å². The Balaban J connectivity index is 2.74. The first kappa shape index (κ1) is 13.6. The highest BCUT2D eigenvalue weighted by Crippen LogP contribution is 2.10. The van der Waals surface area contributed by atoms with E-state index in [-0.39, 0.29) is 17.1 Å². The van der Waals surface area contributed by atoms with E-state index < -0.39 is 18.4 Å². The minimum absolute atomic E-state index is 0.146. The van der Waals surface area contributed by atoms with Crippen molar-refractivity contribution >= 4 is 23.6 Å². The number of carbonyl (C=O) groups is 1. The van der Waals surface area contributed by atoms with Crippen molar-refractivity contribution in [3.8, 4) is 0 Å². The summed E-state index contributed by atoms with van der Waals surface area (Å²) in [7, 11) is 0. The van der Waals surface area contributed by atoms with E-state index in [0.717, 1.165) is 0 Å². The zero-order valence-electron chi connectivity index (χ0n) is 9.62. The molecule has 8 heteroatoms. The third kappa shape index (κ3) is 4.90. The van der Waals surface area contributed by atoms with Crippen LogP contribution in [0.3, 0.4) is 0 Å². The first-order chi connectivity index (χ1) is 7.80. The van der Waals surface area contributed by atoms with Gasteiger partial charge in [-0.1, -0.05) is 0 Å². The molecule has 0 fully saturated rings. The monoisotopic (exact) mass is 262 g/mol. The van der Waals surface area contributed by atoms with E-state index in [1.165, 1.54) is 0 Å². The molecule has 0 atom stereocenters. The van der Waals surface area contributed by atoms with Crippen molar-refractivity contribution in [2.75, 3.05) is 5.32 Å². The molecule has 94 valence electrons. The minimum atomic E-state index is -0.898. The van der Waals surface area contributed by atoms with Crippen molar-refractivity contribution in [1.29, 1.82) is 0 Å². The molecule has 0 saturated heterocycles. The van der Waals surface area contributed by atoms with E-state index >= 15 is 0 Å². The molecule has 0 aliphatic rings. The fourth-order valence-electron chi connectivity index (χ4n) is 0.902. The highest BCUT2D eigenvalue weighted by molar-refractivity contribution is 6.28. The van der Waals surface area contributed by atoms with Crippen molar-refractivity contribution < 1.29 is 13.9 Å². The Bertz CT molecular complexity index is 422. The maximum atomic E-state index is 12.3. The number of ether oxygens (including phenoxy) is 1. The number of amides is 1. The lowest BCUT2D eigenvalue weighted by Gasteiger charge is -2.19. The zero-order valence-corrected chi connectivity index (χ0v) is 10.4. The van der Waals surface area contributed by atoms with E-state index in [1.807, 2.05) is 0 Å². The normalized spacial score (nSPS) is 11.1. The molecule has 0 bridgehead atoms. The van der Waals surface area contributed by atoms with Gasteiger partial charge in [-0.2, -0.15) is 15.0 Å². The minimum Gasteiger partial charge on any atom is -0.444 e. The van der Waals surface area contributed by atoms with E-state index in [1.54, 1.807) is 20.8 Å². The number of nitrogens with one attached hydrogen (secondary N) is 1. The van der Waals surface area contributed by atoms with Crippen LogP contribution in [0.15, 0.2) is 0 Å². The molecule has 0 saturated carbocycles. The molecule has 17 heavy (non-hydrogen) atoms. The third-order valence-corrected chi connectivity index (χ3v) is 1.56. The molecule has 0 aromatic carbocycles. The van der Waals surface area contributed by atoms with Crippen LogP contribution in [-0.4, -0.2) is 26.6 Å². The zero-order chi connectivity index (χ0) is 13.1. The van der Waals surface area contributed by atoms with Gasteiger partial charge in [0, 0.05) is 0 Å². The summed E-state index contributed by atoms with van der Waals surface area (Å²) in [5.41, 5.74) is -0.649. The molecule has 1 heterocycles. The summed E-state index contributed by atoms with van der Waals surface area (Å²) in [6, 6.07) is 0. The van der Waals surface area contributed by atoms with Gasteiger partial charge in [0.25, 0.3) is 0 Å². The average molecular weight is 263 g/mol. The van der Waals surface area contributed by atoms with Crippen LogP contribution < -0.4 is 5.32 Å². The van der Waals surface area contributed by atoms with Gasteiger partial charge in [0.1, 0.15) is 12.3 Å². The molecule has 1 aromatic rings. The second-order valence-electron chi connectivity index (χ2n) is 4.10. The Morgan fingerprint density at radius 2 is 2.06 bits per heavy atom. The standard InChI is InChI=1S/C9H12ClFN4O2/c1-9(2,3)17-8(16)15-7-13-5(4-11)12-6(10)14-7/h4H2,1-3H3,(H,12,13,14,15,16). The van der Waals surface area contributed by atoms with E-state index in [9.17, 15) is 9.18 Å². The van der Waals surface area contributed by atoms with Crippen LogP contribution in [0, 0.1) is 0 Å². The molecular weight excluding hydrogens is 251 g/mol. The number of carbonyl (C=O) groups excluding carboxylic acids is 1. The summed E-state index contributed by atoms with van der Waals surface area (Å²) in [6.07, 6.45) is -0.746. The second kappa shape index (κ2) is 5.22. The molecule has 1 aromatic heterocycles. The Hall–Kier alpha value is -1.50. The molecule has 0 aliphatic heterocycles. The summed E-state index contributed by atoms with van der Waals surface area (Å²) in [5.74, 6) is -0.303. The third-order valence-electron chi connectivity index (χ3n) is 1.39. The molecule has 1 N–H and O–H groups in total. The predicted octanol–water partition coefficient (Wildman–Crippen LogP) is 2.34. The van der Waals surface area contributed by atoms with Gasteiger partial charge in [-0.25, -0.2) is 9.18 Å². The predicted molar refractivity (Wildman–Crippen MR) is 59.5 cm³/mol. The van der Waals surface area contributed by atoms with Gasteiger partial charge in [0.2, 0.25) is 11.2 Å². The number of halogens is 2. The van der Waals surface area contributed by atoms with Crippen LogP contribution in [0.25, 0.3) is 0 Å². The van der Waals surface area contributed by atoms with Crippen LogP contribution >= 0.6 is 11.6 Å². The van der Waals surface area contributed by atoms with Crippen LogP contribution in [0.5, 0.6) is 0 Å². The summed E-state index contributed by atoms with van der Waals surface area (Å²) in [4.78, 5) is 22.1. The largest absolute Gasteiger partial charge is 0.444 e. The second-order valence-corrected chi connectivity index (χ2v) is 4.44. The van der Waals surface area contributed by atoms with Crippen molar-refractivity contribution in [3.63, 3.8) is 0 Å². The van der Waals surface area contributed by atoms with Crippen molar-refractivity contribution in [3.05, 3.63) is 11.1 Å². The Labute approximate surface area is 103 Å². The smallest absolute Gasteiger partial charge is 0.414 e. The summed E-state index contributed by atoms with van der Waals surface area (Å²) < 4.78 is 17.3. The maximum absolute atomic E-state index is 12.3. The number of hydrogen-bond acceptors (Lipinski definition) is 5. The fraction of sp³-hybridized carbons (Fsp3) is 0.556. The maximum Gasteiger partial charge on any atom is 0.414 e. The van der Waals surface area contributed by atoms with Crippen LogP contribution in [0.2, 0.25) is 5.28 Å². The van der Waals surface area contributed by atoms with Crippen LogP contribution in [0.1, 0.15) is 26.6 Å². The van der Waals surface area contributed by atoms with E-state index in [2.05, 4.69) is 20.3 Å². The lowest BCUT2D eigenvalue weighted by atomic mass is 10.2. The van der Waals surface area contributed by atoms with Crippen molar-refractivity contribution in [2.24, 2.45) is 0 Å². The molecule has 1 rings (SSSR count). The Morgan fingerprint density at radius 1 is 1.41 bits per heavy atom. The lowest BCUT2D eigenvalue weighted by molar-refractivity contribution is 0.0634. The van der Waals surface area contributed by atoms with Gasteiger partial charge >= 0.3 is 6.09 Å². The molecule has 6 nitrogen and oxygen atoms in total. The summed E-state index contributed by atoms with van der Waals surface area (Å²) >= 11 is 5.52. The van der Waals surface area contributed by atoms with Crippen LogP contribution in [0.4, 0.5) is 15.1 Å². The first-order valence-electron chi connectivity index (χ1n) is 4.76. The van der Waals surface area contributed by atoms with Gasteiger partial charge < -0.3 is 4.74 Å². The van der Waals surface area contributed by atoms with Gasteiger partial charge in [-0.05, 0) is 32.4 Å². The highest BCUT2D eigenvalue weighted by Gasteiger charge is 2.17. The lowest BCUT2D eigenvalue weighted by Crippen LogP contribution is -2.28. The first-order valence-corrected chi connectivity index (χ1v) is 5.14. The number of alkyl halides is 1. The number of hydrogen-bond donors (Lipinski definition) is 1. The number of aromatic nitrogens is 3. The van der Waals surface area contributed by atoms with Crippen molar-refractivity contribution in [2.45, 2.75) is 33.0 Å². The van der Waals surface area contributed by atoms with Gasteiger partial charge in [0.05, 0.1) is 0 Å². The summed E-state index contributed by atoms with van der Waals surface area (Å²) in [5, 5.41) is 2.04. The molecule has 0 radical (unpaired) electrons. The van der Waals surface area contributed by atoms with E-state index in [4.69, 9.17) is 16.3 Å². The molecular formula is C9H12ClFN4O2. The Morgan fingerprint density at radius 3 is 2.59 bits per heavy atom. The highest BCUT2D eigenvalue weighted by atomic mass is 35.5. The van der Waals surface area contributed by atoms with Gasteiger partial charge in [-0.3, -0.25) is 5.32 Å². The SMILES string of the molecule is CC(C)(C)OC(=O)Nc1nc(Cl)nc(CF)n1. The Kier molecular flexibility index (Phi) is 4.17. The average Bonchev–Trinajstić information content (AvgIpc) is 2.13. The molecule has 1 amide bonds. The molecule has 0 spiro atoms. The van der Waals surface area contributed by atoms with E-state index in [0.29, 0.717) is 0 Å². The van der Waals surface area contributed by atoms with Gasteiger partial charge in [-0.15, -0.1) is 0 Å². The quantitative estimate of drug-likeness (QED) is 0.885. The molecule has 0 unspecified atom stereocenters. The van der Waals surface area contributed by atoms with Crippen molar-refractivity contribution in [1.82, 2.24) is 15.0 Å². The summed E-state index contributed by atoms with van der Waals surface area (Å²) in [6.45, 7) is 4.23. The number of rotatable bonds is 2. The van der Waals surface area contributed by atoms with Gasteiger partial charge in [0.15, 0.2) is 5.82 Å². The number of anilines is 1. The molecule has 0 aliphatic carbocycles. The number of nitrogens with zero attached hydrogens (tertiary/aromatic N) is 3. The topological polar surface area (TPSA) is 77.0 Å².